The molecule has 2 aromatic carbocycles. The summed E-state index contributed by atoms with van der Waals surface area (Å²) in [5, 5.41) is 4.68. The second kappa shape index (κ2) is 6.31. The van der Waals surface area contributed by atoms with Crippen LogP contribution in [0.25, 0.3) is 10.8 Å². The van der Waals surface area contributed by atoms with Gasteiger partial charge in [0.1, 0.15) is 0 Å². The first-order chi connectivity index (χ1) is 8.79. The molecule has 0 aliphatic heterocycles. The van der Waals surface area contributed by atoms with Crippen molar-refractivity contribution < 1.29 is 4.74 Å². The van der Waals surface area contributed by atoms with Crippen molar-refractivity contribution in [3.8, 4) is 0 Å². The molecule has 0 radical (unpaired) electrons. The second-order valence-corrected chi connectivity index (χ2v) is 4.97. The summed E-state index contributed by atoms with van der Waals surface area (Å²) in [5.41, 5.74) is 1.18. The van der Waals surface area contributed by atoms with Gasteiger partial charge < -0.3 is 4.74 Å². The van der Waals surface area contributed by atoms with Gasteiger partial charge in [-0.2, -0.15) is 0 Å². The van der Waals surface area contributed by atoms with Crippen LogP contribution in [0.5, 0.6) is 0 Å². The second-order valence-electron chi connectivity index (χ2n) is 4.03. The third kappa shape index (κ3) is 3.41. The van der Waals surface area contributed by atoms with Gasteiger partial charge in [0.15, 0.2) is 0 Å². The monoisotopic (exact) mass is 256 g/mol. The molecule has 0 spiro atoms. The topological polar surface area (TPSA) is 9.23 Å². The van der Waals surface area contributed by atoms with Crippen LogP contribution in [-0.4, -0.2) is 7.11 Å². The zero-order valence-electron chi connectivity index (χ0n) is 10.6. The molecule has 18 heavy (non-hydrogen) atoms. The third-order valence-electron chi connectivity index (χ3n) is 2.57. The zero-order chi connectivity index (χ0) is 12.8. The SMILES string of the molecule is CO/C=C/C(C)=C/Sc1ccc2ccccc2c1. The van der Waals surface area contributed by atoms with Crippen molar-refractivity contribution in [1.82, 2.24) is 0 Å². The van der Waals surface area contributed by atoms with E-state index >= 15 is 0 Å². The van der Waals surface area contributed by atoms with Gasteiger partial charge >= 0.3 is 0 Å². The first-order valence-electron chi connectivity index (χ1n) is 5.81. The summed E-state index contributed by atoms with van der Waals surface area (Å²) in [7, 11) is 1.65. The molecule has 2 rings (SSSR count). The molecular weight excluding hydrogens is 240 g/mol. The van der Waals surface area contributed by atoms with E-state index in [0.29, 0.717) is 0 Å². The average molecular weight is 256 g/mol. The van der Waals surface area contributed by atoms with Crippen molar-refractivity contribution in [3.05, 3.63) is 65.8 Å². The Morgan fingerprint density at radius 2 is 1.89 bits per heavy atom. The summed E-state index contributed by atoms with van der Waals surface area (Å²) in [6, 6.07) is 14.9. The molecular formula is C16H16OS. The van der Waals surface area contributed by atoms with Crippen molar-refractivity contribution in [2.45, 2.75) is 11.8 Å². The van der Waals surface area contributed by atoms with E-state index in [1.165, 1.54) is 21.2 Å². The molecule has 0 heterocycles. The van der Waals surface area contributed by atoms with Crippen LogP contribution >= 0.6 is 11.8 Å². The van der Waals surface area contributed by atoms with Crippen molar-refractivity contribution in [2.75, 3.05) is 7.11 Å². The van der Waals surface area contributed by atoms with Crippen LogP contribution in [0.2, 0.25) is 0 Å². The van der Waals surface area contributed by atoms with E-state index in [2.05, 4.69) is 54.8 Å². The maximum Gasteiger partial charge on any atom is 0.0827 e. The van der Waals surface area contributed by atoms with Crippen LogP contribution in [0.1, 0.15) is 6.92 Å². The number of allylic oxidation sites excluding steroid dienone is 2. The molecule has 0 bridgehead atoms. The maximum atomic E-state index is 4.89. The van der Waals surface area contributed by atoms with Crippen LogP contribution < -0.4 is 0 Å². The van der Waals surface area contributed by atoms with E-state index in [1.807, 2.05) is 6.08 Å². The van der Waals surface area contributed by atoms with E-state index in [9.17, 15) is 0 Å². The Morgan fingerprint density at radius 1 is 1.11 bits per heavy atom. The largest absolute Gasteiger partial charge is 0.504 e. The Kier molecular flexibility index (Phi) is 4.48. The molecule has 0 aliphatic carbocycles. The van der Waals surface area contributed by atoms with Crippen LogP contribution in [0, 0.1) is 0 Å². The quantitative estimate of drug-likeness (QED) is 0.432. The summed E-state index contributed by atoms with van der Waals surface area (Å²) in [4.78, 5) is 1.25. The highest BCUT2D eigenvalue weighted by Gasteiger charge is 1.95. The summed E-state index contributed by atoms with van der Waals surface area (Å²) in [6.45, 7) is 2.06. The van der Waals surface area contributed by atoms with E-state index in [4.69, 9.17) is 4.74 Å². The first-order valence-corrected chi connectivity index (χ1v) is 6.69. The fourth-order valence-electron chi connectivity index (χ4n) is 1.62. The number of hydrogen-bond donors (Lipinski definition) is 0. The average Bonchev–Trinajstić information content (AvgIpc) is 2.42. The molecule has 0 amide bonds. The predicted molar refractivity (Wildman–Crippen MR) is 79.7 cm³/mol. The van der Waals surface area contributed by atoms with Crippen molar-refractivity contribution in [2.24, 2.45) is 0 Å². The van der Waals surface area contributed by atoms with Gasteiger partial charge in [0.05, 0.1) is 13.4 Å². The van der Waals surface area contributed by atoms with Gasteiger partial charge in [-0.05, 0) is 46.9 Å². The number of ether oxygens (including phenoxy) is 1. The molecule has 0 saturated carbocycles. The fraction of sp³-hybridized carbons (Fsp3) is 0.125. The highest BCUT2D eigenvalue weighted by atomic mass is 32.2. The Hall–Kier alpha value is -1.67. The van der Waals surface area contributed by atoms with Gasteiger partial charge in [-0.3, -0.25) is 0 Å². The van der Waals surface area contributed by atoms with Gasteiger partial charge in [-0.25, -0.2) is 0 Å². The molecule has 0 fully saturated rings. The van der Waals surface area contributed by atoms with E-state index in [0.717, 1.165) is 0 Å². The lowest BCUT2D eigenvalue weighted by Crippen LogP contribution is -1.74. The number of fused-ring (bicyclic) bond motifs is 1. The van der Waals surface area contributed by atoms with Gasteiger partial charge in [0.2, 0.25) is 0 Å². The molecule has 1 nitrogen and oxygen atoms in total. The number of thioether (sulfide) groups is 1. The van der Waals surface area contributed by atoms with E-state index in [-0.39, 0.29) is 0 Å². The van der Waals surface area contributed by atoms with Crippen LogP contribution in [-0.2, 0) is 4.74 Å². The highest BCUT2D eigenvalue weighted by Crippen LogP contribution is 2.25. The maximum absolute atomic E-state index is 4.89. The van der Waals surface area contributed by atoms with Crippen LogP contribution in [0.3, 0.4) is 0 Å². The van der Waals surface area contributed by atoms with Crippen molar-refractivity contribution >= 4 is 22.5 Å². The molecule has 0 N–H and O–H groups in total. The highest BCUT2D eigenvalue weighted by molar-refractivity contribution is 8.02. The molecule has 2 aromatic rings. The molecule has 2 heteroatoms. The number of hydrogen-bond acceptors (Lipinski definition) is 2. The Bertz CT molecular complexity index is 584. The lowest BCUT2D eigenvalue weighted by Gasteiger charge is -2.01. The van der Waals surface area contributed by atoms with Crippen LogP contribution in [0.4, 0.5) is 0 Å². The molecule has 92 valence electrons. The van der Waals surface area contributed by atoms with Gasteiger partial charge in [0, 0.05) is 4.90 Å². The molecule has 0 unspecified atom stereocenters. The molecule has 0 aromatic heterocycles. The Morgan fingerprint density at radius 3 is 2.67 bits per heavy atom. The number of rotatable bonds is 4. The fourth-order valence-corrected chi connectivity index (χ4v) is 2.36. The van der Waals surface area contributed by atoms with Gasteiger partial charge in [0.25, 0.3) is 0 Å². The lowest BCUT2D eigenvalue weighted by molar-refractivity contribution is 0.338. The molecule has 0 atom stereocenters. The smallest absolute Gasteiger partial charge is 0.0827 e. The van der Waals surface area contributed by atoms with Crippen LogP contribution in [0.15, 0.2) is 70.7 Å². The number of methoxy groups -OCH3 is 1. The van der Waals surface area contributed by atoms with Crippen molar-refractivity contribution in [1.29, 1.82) is 0 Å². The Balaban J connectivity index is 2.15. The van der Waals surface area contributed by atoms with Gasteiger partial charge in [-0.15, -0.1) is 0 Å². The predicted octanol–water partition coefficient (Wildman–Crippen LogP) is 5.00. The molecule has 0 saturated heterocycles. The first kappa shape index (κ1) is 12.8. The minimum Gasteiger partial charge on any atom is -0.504 e. The van der Waals surface area contributed by atoms with E-state index < -0.39 is 0 Å². The minimum absolute atomic E-state index is 1.18. The summed E-state index contributed by atoms with van der Waals surface area (Å²) >= 11 is 1.72. The molecule has 0 aliphatic rings. The summed E-state index contributed by atoms with van der Waals surface area (Å²) in [5.74, 6) is 0. The lowest BCUT2D eigenvalue weighted by atomic mass is 10.1. The van der Waals surface area contributed by atoms with E-state index in [1.54, 1.807) is 25.1 Å². The van der Waals surface area contributed by atoms with Crippen molar-refractivity contribution in [3.63, 3.8) is 0 Å². The summed E-state index contributed by atoms with van der Waals surface area (Å²) < 4.78 is 4.89. The number of benzene rings is 2. The zero-order valence-corrected chi connectivity index (χ0v) is 11.4. The standard InChI is InChI=1S/C16H16OS/c1-13(9-10-17-2)12-18-16-8-7-14-5-3-4-6-15(14)11-16/h3-12H,1-2H3/b10-9+,13-12+. The normalized spacial score (nSPS) is 12.2. The third-order valence-corrected chi connectivity index (χ3v) is 3.58. The Labute approximate surface area is 112 Å². The summed E-state index contributed by atoms with van der Waals surface area (Å²) in [6.07, 6.45) is 3.64. The van der Waals surface area contributed by atoms with Gasteiger partial charge in [-0.1, -0.05) is 42.1 Å². The minimum atomic E-state index is 1.18.